The Kier molecular flexibility index (Phi) is 2.89. The molecule has 2 atom stereocenters. The summed E-state index contributed by atoms with van der Waals surface area (Å²) in [4.78, 5) is 0. The van der Waals surface area contributed by atoms with Crippen molar-refractivity contribution in [3.8, 4) is 0 Å². The minimum absolute atomic E-state index is 0.246. The van der Waals surface area contributed by atoms with Crippen molar-refractivity contribution < 1.29 is 35.6 Å². The van der Waals surface area contributed by atoms with Crippen LogP contribution in [0.3, 0.4) is 0 Å². The van der Waals surface area contributed by atoms with Crippen molar-refractivity contribution in [3.05, 3.63) is 0 Å². The largest absolute Gasteiger partial charge is 0.432 e. The lowest BCUT2D eigenvalue weighted by molar-refractivity contribution is -0.295. The molecule has 2 N–H and O–H groups in total. The van der Waals surface area contributed by atoms with Crippen molar-refractivity contribution in [1.82, 2.24) is 0 Å². The van der Waals surface area contributed by atoms with Crippen molar-refractivity contribution in [2.75, 3.05) is 0 Å². The number of halogens is 4. The summed E-state index contributed by atoms with van der Waals surface area (Å²) in [6, 6.07) is 0. The van der Waals surface area contributed by atoms with Gasteiger partial charge in [-0.1, -0.05) is 0 Å². The van der Waals surface area contributed by atoms with Crippen LogP contribution in [0.2, 0.25) is 0 Å². The highest BCUT2D eigenvalue weighted by atomic mass is 32.2. The molecule has 2 unspecified atom stereocenters. The third-order valence-corrected chi connectivity index (χ3v) is 6.29. The Morgan fingerprint density at radius 2 is 1.48 bits per heavy atom. The fraction of sp³-hybridized carbons (Fsp3) is 1.00. The van der Waals surface area contributed by atoms with E-state index in [1.807, 2.05) is 0 Å². The van der Waals surface area contributed by atoms with E-state index in [-0.39, 0.29) is 24.7 Å². The predicted molar refractivity (Wildman–Crippen MR) is 63.5 cm³/mol. The number of rotatable bonds is 3. The molecule has 4 bridgehead atoms. The maximum Gasteiger partial charge on any atom is 0.432 e. The predicted octanol–water partition coefficient (Wildman–Crippen LogP) is 2.43. The second-order valence-electron chi connectivity index (χ2n) is 7.03. The van der Waals surface area contributed by atoms with E-state index in [4.69, 9.17) is 4.55 Å². The first kappa shape index (κ1) is 15.5. The molecule has 9 heteroatoms. The average Bonchev–Trinajstić information content (AvgIpc) is 2.23. The Balaban J connectivity index is 2.07. The zero-order valence-electron chi connectivity index (χ0n) is 11.0. The van der Waals surface area contributed by atoms with E-state index < -0.39 is 38.7 Å². The monoisotopic (exact) mass is 332 g/mol. The first-order chi connectivity index (χ1) is 9.32. The lowest BCUT2D eigenvalue weighted by Crippen LogP contribution is -2.66. The van der Waals surface area contributed by atoms with E-state index in [0.29, 0.717) is 19.3 Å². The fourth-order valence-corrected chi connectivity index (χ4v) is 5.59. The Hall–Kier alpha value is -0.410. The van der Waals surface area contributed by atoms with E-state index in [2.05, 4.69) is 0 Å². The number of hydrogen-bond donors (Lipinski definition) is 2. The second-order valence-corrected chi connectivity index (χ2v) is 8.49. The van der Waals surface area contributed by atoms with E-state index in [1.165, 1.54) is 0 Å². The van der Waals surface area contributed by atoms with Gasteiger partial charge in [-0.05, 0) is 50.4 Å². The normalized spacial score (nSPS) is 43.3. The van der Waals surface area contributed by atoms with Crippen LogP contribution in [0.25, 0.3) is 0 Å². The van der Waals surface area contributed by atoms with E-state index >= 15 is 0 Å². The van der Waals surface area contributed by atoms with Crippen molar-refractivity contribution in [2.24, 2.45) is 17.3 Å². The minimum Gasteiger partial charge on any atom is -0.390 e. The van der Waals surface area contributed by atoms with Gasteiger partial charge in [-0.2, -0.15) is 26.0 Å². The van der Waals surface area contributed by atoms with Crippen LogP contribution in [0.1, 0.15) is 38.5 Å². The molecule has 21 heavy (non-hydrogen) atoms. The molecule has 122 valence electrons. The first-order valence-corrected chi connectivity index (χ1v) is 8.21. The molecule has 0 radical (unpaired) electrons. The summed E-state index contributed by atoms with van der Waals surface area (Å²) in [6.45, 7) is 0. The van der Waals surface area contributed by atoms with Gasteiger partial charge >= 0.3 is 21.3 Å². The van der Waals surface area contributed by atoms with Crippen LogP contribution < -0.4 is 0 Å². The van der Waals surface area contributed by atoms with Crippen LogP contribution in [0.15, 0.2) is 0 Å². The molecule has 0 saturated heterocycles. The molecular formula is C12H16F4O4S. The summed E-state index contributed by atoms with van der Waals surface area (Å²) in [5.74, 6) is -5.53. The van der Waals surface area contributed by atoms with Gasteiger partial charge in [0.25, 0.3) is 0 Å². The Labute approximate surface area is 119 Å². The Morgan fingerprint density at radius 3 is 1.86 bits per heavy atom. The number of alkyl halides is 4. The molecule has 4 rings (SSSR count). The summed E-state index contributed by atoms with van der Waals surface area (Å²) >= 11 is 0. The maximum absolute atomic E-state index is 14.4. The molecule has 4 fully saturated rings. The van der Waals surface area contributed by atoms with Crippen LogP contribution in [-0.2, 0) is 10.1 Å². The highest BCUT2D eigenvalue weighted by Gasteiger charge is 2.78. The van der Waals surface area contributed by atoms with Crippen molar-refractivity contribution in [2.45, 2.75) is 55.3 Å². The lowest BCUT2D eigenvalue weighted by Gasteiger charge is -2.62. The molecule has 4 aliphatic rings. The second kappa shape index (κ2) is 3.91. The van der Waals surface area contributed by atoms with Crippen LogP contribution in [0, 0.1) is 17.3 Å². The van der Waals surface area contributed by atoms with E-state index in [9.17, 15) is 31.1 Å². The van der Waals surface area contributed by atoms with Crippen molar-refractivity contribution in [1.29, 1.82) is 0 Å². The summed E-state index contributed by atoms with van der Waals surface area (Å²) in [6.07, 6.45) is 0.133. The molecule has 0 aliphatic heterocycles. The topological polar surface area (TPSA) is 74.6 Å². The van der Waals surface area contributed by atoms with Gasteiger partial charge in [0.05, 0.1) is 5.60 Å². The number of aliphatic hydroxyl groups is 1. The molecule has 4 saturated carbocycles. The molecule has 0 aromatic heterocycles. The summed E-state index contributed by atoms with van der Waals surface area (Å²) < 4.78 is 86.2. The fourth-order valence-electron chi connectivity index (χ4n) is 5.05. The van der Waals surface area contributed by atoms with Gasteiger partial charge in [-0.3, -0.25) is 4.55 Å². The van der Waals surface area contributed by atoms with Gasteiger partial charge in [-0.15, -0.1) is 0 Å². The van der Waals surface area contributed by atoms with E-state index in [1.54, 1.807) is 0 Å². The smallest absolute Gasteiger partial charge is 0.390 e. The van der Waals surface area contributed by atoms with Crippen molar-refractivity contribution in [3.63, 3.8) is 0 Å². The van der Waals surface area contributed by atoms with Gasteiger partial charge < -0.3 is 5.11 Å². The van der Waals surface area contributed by atoms with Crippen LogP contribution in [-0.4, -0.2) is 34.9 Å². The standard InChI is InChI=1S/C12H16F4O4S/c13-11(14,12(15,16)21(18,19)20)9-2-7-1-8(3-9)5-10(17,4-7)6-9/h7-8,17H,1-6H2,(H,18,19,20). The third kappa shape index (κ3) is 1.89. The summed E-state index contributed by atoms with van der Waals surface area (Å²) in [7, 11) is -6.24. The zero-order chi connectivity index (χ0) is 15.9. The van der Waals surface area contributed by atoms with Crippen molar-refractivity contribution >= 4 is 10.1 Å². The summed E-state index contributed by atoms with van der Waals surface area (Å²) in [5.41, 5.74) is -3.70. The van der Waals surface area contributed by atoms with Crippen LogP contribution in [0.4, 0.5) is 17.6 Å². The molecule has 4 nitrogen and oxygen atoms in total. The highest BCUT2D eigenvalue weighted by molar-refractivity contribution is 7.87. The van der Waals surface area contributed by atoms with Gasteiger partial charge in [-0.25, -0.2) is 0 Å². The zero-order valence-corrected chi connectivity index (χ0v) is 11.8. The number of hydrogen-bond acceptors (Lipinski definition) is 3. The molecule has 0 spiro atoms. The van der Waals surface area contributed by atoms with Gasteiger partial charge in [0, 0.05) is 5.41 Å². The van der Waals surface area contributed by atoms with Crippen LogP contribution >= 0.6 is 0 Å². The third-order valence-electron chi connectivity index (χ3n) is 5.39. The maximum atomic E-state index is 14.4. The molecule has 0 aromatic carbocycles. The first-order valence-electron chi connectivity index (χ1n) is 6.77. The lowest BCUT2D eigenvalue weighted by atomic mass is 9.46. The van der Waals surface area contributed by atoms with Gasteiger partial charge in [0.15, 0.2) is 0 Å². The SMILES string of the molecule is O=S(=O)(O)C(F)(F)C(F)(F)C12CC3CC(CC(O)(C3)C1)C2. The van der Waals surface area contributed by atoms with Crippen LogP contribution in [0.5, 0.6) is 0 Å². The molecule has 0 heterocycles. The molecular weight excluding hydrogens is 316 g/mol. The summed E-state index contributed by atoms with van der Waals surface area (Å²) in [5, 5.41) is 4.76. The van der Waals surface area contributed by atoms with Gasteiger partial charge in [0.2, 0.25) is 0 Å². The average molecular weight is 332 g/mol. The molecule has 4 aliphatic carbocycles. The highest BCUT2D eigenvalue weighted by Crippen LogP contribution is 2.68. The molecule has 0 aromatic rings. The Morgan fingerprint density at radius 1 is 1.00 bits per heavy atom. The van der Waals surface area contributed by atoms with Gasteiger partial charge in [0.1, 0.15) is 0 Å². The minimum atomic E-state index is -6.24. The van der Waals surface area contributed by atoms with E-state index in [0.717, 1.165) is 0 Å². The quantitative estimate of drug-likeness (QED) is 0.615. The molecule has 0 amide bonds. The Bertz CT molecular complexity index is 560.